The monoisotopic (exact) mass is 472 g/mol. The molecule has 0 radical (unpaired) electrons. The lowest BCUT2D eigenvalue weighted by Gasteiger charge is -2.32. The molecule has 170 valence electrons. The maximum Gasteiger partial charge on any atom is 0.226 e. The molecule has 1 aliphatic rings. The Morgan fingerprint density at radius 2 is 2.00 bits per heavy atom. The van der Waals surface area contributed by atoms with Crippen LogP contribution in [-0.2, 0) is 21.1 Å². The highest BCUT2D eigenvalue weighted by Gasteiger charge is 2.27. The molecule has 1 atom stereocenters. The lowest BCUT2D eigenvalue weighted by atomic mass is 9.95. The van der Waals surface area contributed by atoms with Crippen molar-refractivity contribution in [3.63, 3.8) is 0 Å². The first kappa shape index (κ1) is 22.7. The number of amides is 1. The maximum atomic E-state index is 12.7. The van der Waals surface area contributed by atoms with Crippen molar-refractivity contribution < 1.29 is 13.2 Å². The van der Waals surface area contributed by atoms with Gasteiger partial charge in [-0.1, -0.05) is 0 Å². The van der Waals surface area contributed by atoms with E-state index in [2.05, 4.69) is 37.0 Å². The van der Waals surface area contributed by atoms with Gasteiger partial charge in [-0.2, -0.15) is 11.3 Å². The fourth-order valence-corrected chi connectivity index (χ4v) is 5.46. The standard InChI is InChI=1S/C23H28N4O3S2/c1-15(12-17-8-11-31-14-17)24-22(28)18-6-9-27(10-7-18)23-25-16(2)20-5-4-19(32(3,29)30)13-21(20)26-23/h4-5,8,11,13-15,18H,6-7,9-10,12H2,1-3H3,(H,24,28)/t15-/m0/s1. The van der Waals surface area contributed by atoms with Crippen LogP contribution in [0.15, 0.2) is 39.9 Å². The molecule has 1 aliphatic heterocycles. The number of carbonyl (C=O) groups excluding carboxylic acids is 1. The Hall–Kier alpha value is -2.52. The van der Waals surface area contributed by atoms with Gasteiger partial charge in [0.15, 0.2) is 9.84 Å². The SMILES string of the molecule is Cc1nc(N2CCC(C(=O)N[C@@H](C)Cc3ccsc3)CC2)nc2cc(S(C)(=O)=O)ccc12. The Kier molecular flexibility index (Phi) is 6.48. The molecule has 2 aromatic heterocycles. The third kappa shape index (κ3) is 5.10. The van der Waals surface area contributed by atoms with Crippen LogP contribution in [0.4, 0.5) is 5.95 Å². The quantitative estimate of drug-likeness (QED) is 0.591. The molecule has 1 saturated heterocycles. The number of piperidine rings is 1. The zero-order valence-electron chi connectivity index (χ0n) is 18.5. The molecule has 1 aromatic carbocycles. The summed E-state index contributed by atoms with van der Waals surface area (Å²) < 4.78 is 23.8. The van der Waals surface area contributed by atoms with Crippen LogP contribution < -0.4 is 10.2 Å². The van der Waals surface area contributed by atoms with E-state index in [1.54, 1.807) is 29.5 Å². The summed E-state index contributed by atoms with van der Waals surface area (Å²) in [6.07, 6.45) is 3.51. The number of thiophene rings is 1. The molecule has 9 heteroatoms. The van der Waals surface area contributed by atoms with Crippen LogP contribution in [0.5, 0.6) is 0 Å². The van der Waals surface area contributed by atoms with Gasteiger partial charge in [0, 0.05) is 36.7 Å². The molecule has 7 nitrogen and oxygen atoms in total. The van der Waals surface area contributed by atoms with E-state index in [1.807, 2.05) is 13.8 Å². The fraction of sp³-hybridized carbons (Fsp3) is 0.435. The van der Waals surface area contributed by atoms with Crippen LogP contribution in [0.1, 0.15) is 31.0 Å². The van der Waals surface area contributed by atoms with Crippen molar-refractivity contribution in [1.29, 1.82) is 0 Å². The average Bonchev–Trinajstić information content (AvgIpc) is 3.25. The number of aryl methyl sites for hydroxylation is 1. The normalized spacial score (nSPS) is 16.3. The van der Waals surface area contributed by atoms with Crippen LogP contribution in [0.3, 0.4) is 0 Å². The molecular weight excluding hydrogens is 444 g/mol. The van der Waals surface area contributed by atoms with E-state index in [9.17, 15) is 13.2 Å². The van der Waals surface area contributed by atoms with Crippen molar-refractivity contribution in [2.75, 3.05) is 24.2 Å². The fourth-order valence-electron chi connectivity index (χ4n) is 4.14. The first-order valence-corrected chi connectivity index (χ1v) is 13.6. The van der Waals surface area contributed by atoms with Crippen LogP contribution in [0.2, 0.25) is 0 Å². The number of carbonyl (C=O) groups is 1. The van der Waals surface area contributed by atoms with Gasteiger partial charge in [-0.15, -0.1) is 0 Å². The molecule has 3 aromatic rings. The second-order valence-corrected chi connectivity index (χ2v) is 11.4. The first-order chi connectivity index (χ1) is 15.2. The smallest absolute Gasteiger partial charge is 0.226 e. The second kappa shape index (κ2) is 9.15. The van der Waals surface area contributed by atoms with E-state index in [-0.39, 0.29) is 22.8 Å². The number of aromatic nitrogens is 2. The summed E-state index contributed by atoms with van der Waals surface area (Å²) in [6, 6.07) is 7.16. The van der Waals surface area contributed by atoms with Gasteiger partial charge in [0.2, 0.25) is 11.9 Å². The van der Waals surface area contributed by atoms with Gasteiger partial charge in [-0.05, 0) is 73.7 Å². The van der Waals surface area contributed by atoms with E-state index in [0.29, 0.717) is 24.6 Å². The Morgan fingerprint density at radius 1 is 1.25 bits per heavy atom. The van der Waals surface area contributed by atoms with E-state index in [4.69, 9.17) is 0 Å². The molecule has 0 aliphatic carbocycles. The summed E-state index contributed by atoms with van der Waals surface area (Å²) in [7, 11) is -3.31. The molecule has 0 saturated carbocycles. The van der Waals surface area contributed by atoms with Gasteiger partial charge in [0.05, 0.1) is 16.1 Å². The minimum Gasteiger partial charge on any atom is -0.353 e. The molecule has 4 rings (SSSR count). The number of anilines is 1. The number of fused-ring (bicyclic) bond motifs is 1. The Morgan fingerprint density at radius 3 is 2.66 bits per heavy atom. The lowest BCUT2D eigenvalue weighted by molar-refractivity contribution is -0.126. The molecule has 0 spiro atoms. The molecule has 0 unspecified atom stereocenters. The van der Waals surface area contributed by atoms with Crippen molar-refractivity contribution in [3.8, 4) is 0 Å². The summed E-state index contributed by atoms with van der Waals surface area (Å²) >= 11 is 1.67. The third-order valence-electron chi connectivity index (χ3n) is 5.93. The Bertz CT molecular complexity index is 1220. The second-order valence-electron chi connectivity index (χ2n) is 8.57. The molecular formula is C23H28N4O3S2. The third-order valence-corrected chi connectivity index (χ3v) is 7.78. The summed E-state index contributed by atoms with van der Waals surface area (Å²) in [6.45, 7) is 5.32. The Balaban J connectivity index is 1.41. The van der Waals surface area contributed by atoms with Gasteiger partial charge in [0.25, 0.3) is 0 Å². The van der Waals surface area contributed by atoms with E-state index in [0.717, 1.165) is 30.3 Å². The highest BCUT2D eigenvalue weighted by atomic mass is 32.2. The van der Waals surface area contributed by atoms with Gasteiger partial charge in [0.1, 0.15) is 0 Å². The number of rotatable bonds is 6. The molecule has 32 heavy (non-hydrogen) atoms. The van der Waals surface area contributed by atoms with Gasteiger partial charge >= 0.3 is 0 Å². The minimum absolute atomic E-state index is 0.0189. The van der Waals surface area contributed by atoms with Crippen molar-refractivity contribution >= 4 is 43.9 Å². The van der Waals surface area contributed by atoms with E-state index < -0.39 is 9.84 Å². The summed E-state index contributed by atoms with van der Waals surface area (Å²) in [4.78, 5) is 24.3. The number of benzene rings is 1. The number of hydrogen-bond acceptors (Lipinski definition) is 7. The van der Waals surface area contributed by atoms with E-state index in [1.165, 1.54) is 11.8 Å². The maximum absolute atomic E-state index is 12.7. The largest absolute Gasteiger partial charge is 0.353 e. The summed E-state index contributed by atoms with van der Waals surface area (Å²) in [5.41, 5.74) is 2.69. The number of hydrogen-bond donors (Lipinski definition) is 1. The highest BCUT2D eigenvalue weighted by molar-refractivity contribution is 7.90. The van der Waals surface area contributed by atoms with Crippen molar-refractivity contribution in [1.82, 2.24) is 15.3 Å². The predicted octanol–water partition coefficient (Wildman–Crippen LogP) is 3.37. The minimum atomic E-state index is -3.31. The molecule has 3 heterocycles. The van der Waals surface area contributed by atoms with Gasteiger partial charge in [-0.25, -0.2) is 18.4 Å². The van der Waals surface area contributed by atoms with Crippen LogP contribution >= 0.6 is 11.3 Å². The van der Waals surface area contributed by atoms with Crippen LogP contribution in [0, 0.1) is 12.8 Å². The zero-order valence-corrected chi connectivity index (χ0v) is 20.2. The van der Waals surface area contributed by atoms with Crippen molar-refractivity contribution in [2.24, 2.45) is 5.92 Å². The number of nitrogens with zero attached hydrogens (tertiary/aromatic N) is 3. The van der Waals surface area contributed by atoms with Crippen molar-refractivity contribution in [2.45, 2.75) is 44.0 Å². The summed E-state index contributed by atoms with van der Waals surface area (Å²) in [5.74, 6) is 0.681. The molecule has 1 N–H and O–H groups in total. The lowest BCUT2D eigenvalue weighted by Crippen LogP contribution is -2.44. The molecule has 1 amide bonds. The average molecular weight is 473 g/mol. The number of sulfone groups is 1. The van der Waals surface area contributed by atoms with Gasteiger partial charge < -0.3 is 10.2 Å². The highest BCUT2D eigenvalue weighted by Crippen LogP contribution is 2.26. The first-order valence-electron chi connectivity index (χ1n) is 10.8. The van der Waals surface area contributed by atoms with E-state index >= 15 is 0 Å². The molecule has 1 fully saturated rings. The van der Waals surface area contributed by atoms with Crippen molar-refractivity contribution in [3.05, 3.63) is 46.3 Å². The van der Waals surface area contributed by atoms with Crippen LogP contribution in [-0.4, -0.2) is 49.7 Å². The predicted molar refractivity (Wildman–Crippen MR) is 128 cm³/mol. The zero-order chi connectivity index (χ0) is 22.9. The number of nitrogens with one attached hydrogen (secondary N) is 1. The summed E-state index contributed by atoms with van der Waals surface area (Å²) in [5, 5.41) is 8.17. The Labute approximate surface area is 192 Å². The topological polar surface area (TPSA) is 92.3 Å². The molecule has 0 bridgehead atoms. The van der Waals surface area contributed by atoms with Gasteiger partial charge in [-0.3, -0.25) is 4.79 Å². The van der Waals surface area contributed by atoms with Crippen LogP contribution in [0.25, 0.3) is 10.9 Å².